The molecule has 102 valence electrons. The van der Waals surface area contributed by atoms with Crippen LogP contribution in [0.5, 0.6) is 0 Å². The van der Waals surface area contributed by atoms with Gasteiger partial charge in [0.1, 0.15) is 6.33 Å². The molecule has 2 aromatic carbocycles. The number of anilines is 1. The predicted molar refractivity (Wildman–Crippen MR) is 70.5 cm³/mol. The first kappa shape index (κ1) is 12.5. The van der Waals surface area contributed by atoms with Gasteiger partial charge in [-0.2, -0.15) is 13.2 Å². The van der Waals surface area contributed by atoms with Gasteiger partial charge in [0.05, 0.1) is 22.3 Å². The Balaban J connectivity index is 2.30. The second-order valence-electron chi connectivity index (χ2n) is 4.38. The molecule has 0 bridgehead atoms. The number of benzene rings is 2. The van der Waals surface area contributed by atoms with E-state index in [9.17, 15) is 13.2 Å². The first-order valence-corrected chi connectivity index (χ1v) is 5.86. The second-order valence-corrected chi connectivity index (χ2v) is 4.38. The van der Waals surface area contributed by atoms with Crippen LogP contribution in [0.3, 0.4) is 0 Å². The van der Waals surface area contributed by atoms with Crippen molar-refractivity contribution in [1.82, 2.24) is 9.55 Å². The van der Waals surface area contributed by atoms with E-state index in [4.69, 9.17) is 5.73 Å². The zero-order valence-corrected chi connectivity index (χ0v) is 10.2. The SMILES string of the molecule is Nc1ccc(-n2cnc3ccccc32)c(C(F)(F)F)c1. The van der Waals surface area contributed by atoms with Gasteiger partial charge in [0.15, 0.2) is 0 Å². The largest absolute Gasteiger partial charge is 0.418 e. The average molecular weight is 277 g/mol. The minimum Gasteiger partial charge on any atom is -0.399 e. The summed E-state index contributed by atoms with van der Waals surface area (Å²) in [5.74, 6) is 0. The molecule has 1 aromatic heterocycles. The van der Waals surface area contributed by atoms with Crippen molar-refractivity contribution in [2.75, 3.05) is 5.73 Å². The quantitative estimate of drug-likeness (QED) is 0.690. The van der Waals surface area contributed by atoms with Crippen LogP contribution in [0.15, 0.2) is 48.8 Å². The fourth-order valence-electron chi connectivity index (χ4n) is 2.14. The maximum Gasteiger partial charge on any atom is 0.418 e. The fourth-order valence-corrected chi connectivity index (χ4v) is 2.14. The van der Waals surface area contributed by atoms with Crippen molar-refractivity contribution < 1.29 is 13.2 Å². The number of hydrogen-bond donors (Lipinski definition) is 1. The van der Waals surface area contributed by atoms with E-state index in [0.29, 0.717) is 11.0 Å². The van der Waals surface area contributed by atoms with Crippen LogP contribution >= 0.6 is 0 Å². The highest BCUT2D eigenvalue weighted by molar-refractivity contribution is 5.77. The molecule has 0 saturated carbocycles. The summed E-state index contributed by atoms with van der Waals surface area (Å²) >= 11 is 0. The first-order valence-electron chi connectivity index (χ1n) is 5.86. The molecule has 20 heavy (non-hydrogen) atoms. The van der Waals surface area contributed by atoms with Gasteiger partial charge in [-0.3, -0.25) is 4.57 Å². The van der Waals surface area contributed by atoms with Crippen molar-refractivity contribution in [2.24, 2.45) is 0 Å². The van der Waals surface area contributed by atoms with Crippen LogP contribution < -0.4 is 5.73 Å². The first-order chi connectivity index (χ1) is 9.47. The lowest BCUT2D eigenvalue weighted by Gasteiger charge is -2.14. The van der Waals surface area contributed by atoms with Crippen molar-refractivity contribution in [3.63, 3.8) is 0 Å². The van der Waals surface area contributed by atoms with E-state index >= 15 is 0 Å². The molecule has 0 spiro atoms. The summed E-state index contributed by atoms with van der Waals surface area (Å²) in [5, 5.41) is 0. The van der Waals surface area contributed by atoms with E-state index in [1.807, 2.05) is 0 Å². The fraction of sp³-hybridized carbons (Fsp3) is 0.0714. The van der Waals surface area contributed by atoms with E-state index in [1.54, 1.807) is 24.3 Å². The van der Waals surface area contributed by atoms with Gasteiger partial charge >= 0.3 is 6.18 Å². The number of fused-ring (bicyclic) bond motifs is 1. The summed E-state index contributed by atoms with van der Waals surface area (Å²) in [7, 11) is 0. The van der Waals surface area contributed by atoms with Crippen LogP contribution in [0.2, 0.25) is 0 Å². The average Bonchev–Trinajstić information content (AvgIpc) is 2.81. The summed E-state index contributed by atoms with van der Waals surface area (Å²) in [5.41, 5.74) is 6.03. The molecule has 0 aliphatic heterocycles. The number of nitrogen functional groups attached to an aromatic ring is 1. The molecule has 0 saturated heterocycles. The highest BCUT2D eigenvalue weighted by atomic mass is 19.4. The van der Waals surface area contributed by atoms with Gasteiger partial charge in [0, 0.05) is 5.69 Å². The van der Waals surface area contributed by atoms with Crippen molar-refractivity contribution >= 4 is 16.7 Å². The third-order valence-electron chi connectivity index (χ3n) is 3.04. The Morgan fingerprint density at radius 3 is 2.55 bits per heavy atom. The molecule has 3 aromatic rings. The number of aromatic nitrogens is 2. The predicted octanol–water partition coefficient (Wildman–Crippen LogP) is 3.63. The maximum atomic E-state index is 13.1. The highest BCUT2D eigenvalue weighted by Crippen LogP contribution is 2.36. The number of halogens is 3. The normalized spacial score (nSPS) is 11.9. The van der Waals surface area contributed by atoms with E-state index in [2.05, 4.69) is 4.98 Å². The number of para-hydroxylation sites is 2. The van der Waals surface area contributed by atoms with Crippen LogP contribution in [-0.4, -0.2) is 9.55 Å². The zero-order chi connectivity index (χ0) is 14.3. The lowest BCUT2D eigenvalue weighted by atomic mass is 10.1. The molecule has 0 radical (unpaired) electrons. The summed E-state index contributed by atoms with van der Waals surface area (Å²) in [4.78, 5) is 4.11. The van der Waals surface area contributed by atoms with Gasteiger partial charge in [0.2, 0.25) is 0 Å². The molecule has 3 rings (SSSR count). The van der Waals surface area contributed by atoms with Gasteiger partial charge in [-0.1, -0.05) is 12.1 Å². The molecule has 0 atom stereocenters. The highest BCUT2D eigenvalue weighted by Gasteiger charge is 2.34. The van der Waals surface area contributed by atoms with Crippen molar-refractivity contribution in [3.05, 3.63) is 54.4 Å². The third-order valence-corrected chi connectivity index (χ3v) is 3.04. The lowest BCUT2D eigenvalue weighted by molar-refractivity contribution is -0.137. The maximum absolute atomic E-state index is 13.1. The van der Waals surface area contributed by atoms with Gasteiger partial charge in [0.25, 0.3) is 0 Å². The Hall–Kier alpha value is -2.50. The summed E-state index contributed by atoms with van der Waals surface area (Å²) in [6, 6.07) is 10.7. The van der Waals surface area contributed by atoms with E-state index in [-0.39, 0.29) is 11.4 Å². The molecular weight excluding hydrogens is 267 g/mol. The molecule has 0 fully saturated rings. The van der Waals surface area contributed by atoms with E-state index in [1.165, 1.54) is 23.0 Å². The Morgan fingerprint density at radius 1 is 1.05 bits per heavy atom. The minimum atomic E-state index is -4.48. The number of nitrogens with zero attached hydrogens (tertiary/aromatic N) is 2. The lowest BCUT2D eigenvalue weighted by Crippen LogP contribution is -2.11. The summed E-state index contributed by atoms with van der Waals surface area (Å²) in [6.07, 6.45) is -3.10. The van der Waals surface area contributed by atoms with Gasteiger partial charge < -0.3 is 5.73 Å². The monoisotopic (exact) mass is 277 g/mol. The molecular formula is C14H10F3N3. The minimum absolute atomic E-state index is 0.0143. The number of rotatable bonds is 1. The Kier molecular flexibility index (Phi) is 2.67. The Bertz CT molecular complexity index is 775. The van der Waals surface area contributed by atoms with Gasteiger partial charge in [-0.25, -0.2) is 4.98 Å². The van der Waals surface area contributed by atoms with Crippen molar-refractivity contribution in [2.45, 2.75) is 6.18 Å². The van der Waals surface area contributed by atoms with E-state index < -0.39 is 11.7 Å². The molecule has 0 amide bonds. The number of alkyl halides is 3. The molecule has 0 aliphatic carbocycles. The standard InChI is InChI=1S/C14H10F3N3/c15-14(16,17)10-7-9(18)5-6-12(10)20-8-19-11-3-1-2-4-13(11)20/h1-8H,18H2. The zero-order valence-electron chi connectivity index (χ0n) is 10.2. The van der Waals surface area contributed by atoms with Crippen LogP contribution in [-0.2, 0) is 6.18 Å². The van der Waals surface area contributed by atoms with Crippen LogP contribution in [0, 0.1) is 0 Å². The number of hydrogen-bond acceptors (Lipinski definition) is 2. The second kappa shape index (κ2) is 4.26. The number of nitrogens with two attached hydrogens (primary N) is 1. The van der Waals surface area contributed by atoms with Crippen LogP contribution in [0.1, 0.15) is 5.56 Å². The Labute approximate surface area is 112 Å². The molecule has 0 aliphatic rings. The third kappa shape index (κ3) is 1.99. The van der Waals surface area contributed by atoms with Crippen molar-refractivity contribution in [1.29, 1.82) is 0 Å². The molecule has 0 unspecified atom stereocenters. The van der Waals surface area contributed by atoms with Gasteiger partial charge in [-0.15, -0.1) is 0 Å². The molecule has 1 heterocycles. The molecule has 3 nitrogen and oxygen atoms in total. The topological polar surface area (TPSA) is 43.8 Å². The smallest absolute Gasteiger partial charge is 0.399 e. The summed E-state index contributed by atoms with van der Waals surface area (Å²) in [6.45, 7) is 0. The Morgan fingerprint density at radius 2 is 1.80 bits per heavy atom. The molecule has 6 heteroatoms. The van der Waals surface area contributed by atoms with Gasteiger partial charge in [-0.05, 0) is 30.3 Å². The van der Waals surface area contributed by atoms with E-state index in [0.717, 1.165) is 6.07 Å². The summed E-state index contributed by atoms with van der Waals surface area (Å²) < 4.78 is 40.8. The number of imidazole rings is 1. The van der Waals surface area contributed by atoms with Crippen LogP contribution in [0.4, 0.5) is 18.9 Å². The van der Waals surface area contributed by atoms with Crippen molar-refractivity contribution in [3.8, 4) is 5.69 Å². The molecule has 2 N–H and O–H groups in total. The van der Waals surface area contributed by atoms with Crippen LogP contribution in [0.25, 0.3) is 16.7 Å².